The summed E-state index contributed by atoms with van der Waals surface area (Å²) in [4.78, 5) is 12.8. The molecule has 29 heavy (non-hydrogen) atoms. The van der Waals surface area contributed by atoms with E-state index in [9.17, 15) is 9.18 Å². The number of benzene rings is 3. The van der Waals surface area contributed by atoms with Gasteiger partial charge in [-0.15, -0.1) is 0 Å². The van der Waals surface area contributed by atoms with E-state index in [-0.39, 0.29) is 18.1 Å². The van der Waals surface area contributed by atoms with E-state index < -0.39 is 5.82 Å². The Labute approximate surface area is 173 Å². The van der Waals surface area contributed by atoms with Crippen molar-refractivity contribution >= 4 is 23.5 Å². The molecule has 1 aliphatic rings. The summed E-state index contributed by atoms with van der Waals surface area (Å²) in [5.74, 6) is 0.756. The average Bonchev–Trinajstić information content (AvgIpc) is 2.97. The number of fused-ring (bicyclic) bond motifs is 1. The standard InChI is InChI=1S/C24H18ClFO3/c1-14-4-3-5-16(8-14)10-22-24(27)23-15(2)9-19(12-21(23)29-22)28-13-17-6-7-18(26)11-20(17)25/h3-12H,13H2,1-2H3/b22-10-. The highest BCUT2D eigenvalue weighted by molar-refractivity contribution is 6.31. The number of halogens is 2. The minimum atomic E-state index is -0.396. The zero-order valence-electron chi connectivity index (χ0n) is 16.0. The van der Waals surface area contributed by atoms with E-state index in [2.05, 4.69) is 0 Å². The first-order chi connectivity index (χ1) is 13.9. The molecule has 0 amide bonds. The number of ketones is 1. The van der Waals surface area contributed by atoms with E-state index in [1.807, 2.05) is 38.1 Å². The predicted octanol–water partition coefficient (Wildman–Crippen LogP) is 6.29. The van der Waals surface area contributed by atoms with Crippen LogP contribution in [0.25, 0.3) is 6.08 Å². The van der Waals surface area contributed by atoms with Gasteiger partial charge in [0.2, 0.25) is 5.78 Å². The highest BCUT2D eigenvalue weighted by Gasteiger charge is 2.30. The third-order valence-corrected chi connectivity index (χ3v) is 5.04. The summed E-state index contributed by atoms with van der Waals surface area (Å²) in [6, 6.07) is 15.5. The van der Waals surface area contributed by atoms with Crippen molar-refractivity contribution in [2.45, 2.75) is 20.5 Å². The predicted molar refractivity (Wildman–Crippen MR) is 111 cm³/mol. The minimum absolute atomic E-state index is 0.146. The van der Waals surface area contributed by atoms with Gasteiger partial charge in [-0.1, -0.05) is 47.5 Å². The van der Waals surface area contributed by atoms with Crippen molar-refractivity contribution in [3.05, 3.63) is 99.0 Å². The second-order valence-electron chi connectivity index (χ2n) is 6.99. The monoisotopic (exact) mass is 408 g/mol. The van der Waals surface area contributed by atoms with Gasteiger partial charge in [-0.3, -0.25) is 4.79 Å². The summed E-state index contributed by atoms with van der Waals surface area (Å²) in [6.45, 7) is 4.01. The molecule has 0 spiro atoms. The van der Waals surface area contributed by atoms with Crippen molar-refractivity contribution in [1.82, 2.24) is 0 Å². The third-order valence-electron chi connectivity index (χ3n) is 4.69. The lowest BCUT2D eigenvalue weighted by Crippen LogP contribution is -2.00. The van der Waals surface area contributed by atoms with Gasteiger partial charge >= 0.3 is 0 Å². The van der Waals surface area contributed by atoms with Gasteiger partial charge in [-0.25, -0.2) is 4.39 Å². The Kier molecular flexibility index (Phi) is 5.12. The number of aryl methyl sites for hydroxylation is 2. The molecule has 4 rings (SSSR count). The highest BCUT2D eigenvalue weighted by atomic mass is 35.5. The van der Waals surface area contributed by atoms with Crippen LogP contribution in [0.15, 0.2) is 60.4 Å². The molecule has 3 aromatic carbocycles. The van der Waals surface area contributed by atoms with Gasteiger partial charge in [0.15, 0.2) is 5.76 Å². The Balaban J connectivity index is 1.57. The first-order valence-corrected chi connectivity index (χ1v) is 9.51. The third kappa shape index (κ3) is 4.03. The molecule has 0 atom stereocenters. The molecule has 0 radical (unpaired) electrons. The lowest BCUT2D eigenvalue weighted by molar-refractivity contribution is 0.101. The fourth-order valence-electron chi connectivity index (χ4n) is 3.27. The first-order valence-electron chi connectivity index (χ1n) is 9.13. The highest BCUT2D eigenvalue weighted by Crippen LogP contribution is 2.38. The van der Waals surface area contributed by atoms with Gasteiger partial charge in [0.1, 0.15) is 23.9 Å². The van der Waals surface area contributed by atoms with Crippen molar-refractivity contribution in [2.24, 2.45) is 0 Å². The summed E-state index contributed by atoms with van der Waals surface area (Å²) in [5, 5.41) is 0.303. The zero-order chi connectivity index (χ0) is 20.5. The molecule has 0 saturated heterocycles. The molecule has 1 aliphatic heterocycles. The molecule has 5 heteroatoms. The minimum Gasteiger partial charge on any atom is -0.489 e. The van der Waals surface area contributed by atoms with Crippen LogP contribution in [0.2, 0.25) is 5.02 Å². The van der Waals surface area contributed by atoms with Crippen LogP contribution in [0.4, 0.5) is 4.39 Å². The van der Waals surface area contributed by atoms with Crippen molar-refractivity contribution in [2.75, 3.05) is 0 Å². The van der Waals surface area contributed by atoms with Gasteiger partial charge in [0.05, 0.1) is 10.6 Å². The van der Waals surface area contributed by atoms with Crippen LogP contribution in [0.5, 0.6) is 11.5 Å². The number of rotatable bonds is 4. The van der Waals surface area contributed by atoms with Gasteiger partial charge in [-0.05, 0) is 49.2 Å². The summed E-state index contributed by atoms with van der Waals surface area (Å²) < 4.78 is 24.8. The Bertz CT molecular complexity index is 1150. The lowest BCUT2D eigenvalue weighted by atomic mass is 10.0. The summed E-state index contributed by atoms with van der Waals surface area (Å²) >= 11 is 6.05. The molecule has 0 unspecified atom stereocenters. The largest absolute Gasteiger partial charge is 0.489 e. The maximum absolute atomic E-state index is 13.2. The Morgan fingerprint density at radius 3 is 2.69 bits per heavy atom. The van der Waals surface area contributed by atoms with Crippen LogP contribution in [0.1, 0.15) is 32.6 Å². The summed E-state index contributed by atoms with van der Waals surface area (Å²) in [5.41, 5.74) is 3.98. The lowest BCUT2D eigenvalue weighted by Gasteiger charge is -2.10. The molecule has 0 aliphatic carbocycles. The SMILES string of the molecule is Cc1cccc(/C=C2\Oc3cc(OCc4ccc(F)cc4Cl)cc(C)c3C2=O)c1. The number of hydrogen-bond acceptors (Lipinski definition) is 3. The average molecular weight is 409 g/mol. The van der Waals surface area contributed by atoms with Crippen molar-refractivity contribution in [1.29, 1.82) is 0 Å². The smallest absolute Gasteiger partial charge is 0.232 e. The fraction of sp³-hybridized carbons (Fsp3) is 0.125. The number of carbonyl (C=O) groups excluding carboxylic acids is 1. The van der Waals surface area contributed by atoms with Crippen LogP contribution in [-0.2, 0) is 6.61 Å². The van der Waals surface area contributed by atoms with E-state index in [4.69, 9.17) is 21.1 Å². The number of hydrogen-bond donors (Lipinski definition) is 0. The molecule has 146 valence electrons. The quantitative estimate of drug-likeness (QED) is 0.476. The zero-order valence-corrected chi connectivity index (χ0v) is 16.7. The van der Waals surface area contributed by atoms with Crippen LogP contribution in [0, 0.1) is 19.7 Å². The second-order valence-corrected chi connectivity index (χ2v) is 7.40. The Morgan fingerprint density at radius 2 is 1.93 bits per heavy atom. The van der Waals surface area contributed by atoms with E-state index in [0.29, 0.717) is 27.6 Å². The van der Waals surface area contributed by atoms with E-state index in [1.165, 1.54) is 12.1 Å². The summed E-state index contributed by atoms with van der Waals surface area (Å²) in [6.07, 6.45) is 1.74. The molecule has 3 nitrogen and oxygen atoms in total. The van der Waals surface area contributed by atoms with E-state index in [1.54, 1.807) is 24.3 Å². The van der Waals surface area contributed by atoms with Crippen molar-refractivity contribution in [3.63, 3.8) is 0 Å². The maximum Gasteiger partial charge on any atom is 0.232 e. The molecular weight excluding hydrogens is 391 g/mol. The van der Waals surface area contributed by atoms with Gasteiger partial charge in [0.25, 0.3) is 0 Å². The van der Waals surface area contributed by atoms with E-state index in [0.717, 1.165) is 16.7 Å². The number of ether oxygens (including phenoxy) is 2. The van der Waals surface area contributed by atoms with Gasteiger partial charge in [0, 0.05) is 11.6 Å². The topological polar surface area (TPSA) is 35.5 Å². The molecule has 0 bridgehead atoms. The van der Waals surface area contributed by atoms with E-state index >= 15 is 0 Å². The van der Waals surface area contributed by atoms with Crippen LogP contribution in [-0.4, -0.2) is 5.78 Å². The molecule has 0 saturated carbocycles. The number of Topliss-reactive ketones (excluding diaryl/α,β-unsaturated/α-hetero) is 1. The van der Waals surface area contributed by atoms with Crippen molar-refractivity contribution in [3.8, 4) is 11.5 Å². The van der Waals surface area contributed by atoms with Gasteiger partial charge < -0.3 is 9.47 Å². The first kappa shape index (κ1) is 19.2. The number of allylic oxidation sites excluding steroid dienone is 1. The van der Waals surface area contributed by atoms with Gasteiger partial charge in [-0.2, -0.15) is 0 Å². The molecular formula is C24H18ClFO3. The second kappa shape index (κ2) is 7.72. The van der Waals surface area contributed by atoms with Crippen molar-refractivity contribution < 1.29 is 18.7 Å². The Hall–Kier alpha value is -3.11. The van der Waals surface area contributed by atoms with Crippen LogP contribution in [0.3, 0.4) is 0 Å². The normalized spacial score (nSPS) is 14.1. The molecule has 0 fully saturated rings. The van der Waals surface area contributed by atoms with Crippen LogP contribution < -0.4 is 9.47 Å². The van der Waals surface area contributed by atoms with Crippen LogP contribution >= 0.6 is 11.6 Å². The maximum atomic E-state index is 13.2. The molecule has 1 heterocycles. The molecule has 0 N–H and O–H groups in total. The number of carbonyl (C=O) groups is 1. The Morgan fingerprint density at radius 1 is 1.10 bits per heavy atom. The summed E-state index contributed by atoms with van der Waals surface area (Å²) in [7, 11) is 0. The fourth-order valence-corrected chi connectivity index (χ4v) is 3.49. The molecule has 3 aromatic rings. The molecule has 0 aromatic heterocycles.